The van der Waals surface area contributed by atoms with Crippen LogP contribution in [0, 0.1) is 0 Å². The zero-order chi connectivity index (χ0) is 12.2. The number of morpholine rings is 1. The Kier molecular flexibility index (Phi) is 3.96. The lowest BCUT2D eigenvalue weighted by molar-refractivity contribution is 0.00730. The Hall–Kier alpha value is -0.860. The summed E-state index contributed by atoms with van der Waals surface area (Å²) >= 11 is 0. The monoisotopic (exact) mass is 245 g/mol. The summed E-state index contributed by atoms with van der Waals surface area (Å²) in [7, 11) is 0. The van der Waals surface area contributed by atoms with Gasteiger partial charge < -0.3 is 4.74 Å². The van der Waals surface area contributed by atoms with Crippen LogP contribution in [0.15, 0.2) is 30.3 Å². The number of hydrogen-bond donors (Lipinski definition) is 0. The molecule has 0 N–H and O–H groups in total. The largest absolute Gasteiger partial charge is 0.379 e. The van der Waals surface area contributed by atoms with Crippen molar-refractivity contribution in [3.05, 3.63) is 35.9 Å². The van der Waals surface area contributed by atoms with Gasteiger partial charge >= 0.3 is 0 Å². The van der Waals surface area contributed by atoms with Crippen molar-refractivity contribution in [3.8, 4) is 0 Å². The third kappa shape index (κ3) is 2.76. The summed E-state index contributed by atoms with van der Waals surface area (Å²) in [6.07, 6.45) is 5.43. The lowest BCUT2D eigenvalue weighted by Crippen LogP contribution is -2.44. The molecule has 2 aliphatic rings. The average Bonchev–Trinajstić information content (AvgIpc) is 2.49. The van der Waals surface area contributed by atoms with Crippen molar-refractivity contribution >= 4 is 0 Å². The molecule has 18 heavy (non-hydrogen) atoms. The van der Waals surface area contributed by atoms with Crippen LogP contribution in [0.1, 0.15) is 37.2 Å². The maximum absolute atomic E-state index is 5.44. The van der Waals surface area contributed by atoms with Gasteiger partial charge in [-0.3, -0.25) is 4.90 Å². The molecule has 1 saturated carbocycles. The fourth-order valence-corrected chi connectivity index (χ4v) is 3.44. The molecule has 0 radical (unpaired) electrons. The molecule has 0 aromatic heterocycles. The number of ether oxygens (including phenoxy) is 1. The van der Waals surface area contributed by atoms with Gasteiger partial charge in [-0.15, -0.1) is 0 Å². The predicted molar refractivity (Wildman–Crippen MR) is 73.8 cm³/mol. The third-order valence-electron chi connectivity index (χ3n) is 4.53. The van der Waals surface area contributed by atoms with Crippen LogP contribution in [0.4, 0.5) is 0 Å². The predicted octanol–water partition coefficient (Wildman–Crippen LogP) is 3.05. The molecule has 0 atom stereocenters. The summed E-state index contributed by atoms with van der Waals surface area (Å²) in [5.41, 5.74) is 1.54. The van der Waals surface area contributed by atoms with Crippen LogP contribution >= 0.6 is 0 Å². The highest BCUT2D eigenvalue weighted by molar-refractivity contribution is 5.20. The Labute approximate surface area is 110 Å². The first-order chi connectivity index (χ1) is 8.93. The number of benzene rings is 1. The Morgan fingerprint density at radius 1 is 0.889 bits per heavy atom. The lowest BCUT2D eigenvalue weighted by Gasteiger charge is -2.38. The molecular weight excluding hydrogens is 222 g/mol. The third-order valence-corrected chi connectivity index (χ3v) is 4.53. The molecule has 2 nitrogen and oxygen atoms in total. The van der Waals surface area contributed by atoms with Gasteiger partial charge in [-0.2, -0.15) is 0 Å². The highest BCUT2D eigenvalue weighted by Crippen LogP contribution is 2.34. The van der Waals surface area contributed by atoms with Crippen LogP contribution in [-0.4, -0.2) is 37.2 Å². The summed E-state index contributed by atoms with van der Waals surface area (Å²) < 4.78 is 5.44. The summed E-state index contributed by atoms with van der Waals surface area (Å²) in [4.78, 5) is 2.64. The summed E-state index contributed by atoms with van der Waals surface area (Å²) in [6, 6.07) is 11.9. The highest BCUT2D eigenvalue weighted by atomic mass is 16.5. The van der Waals surface area contributed by atoms with Gasteiger partial charge in [-0.25, -0.2) is 0 Å². The Balaban J connectivity index is 1.54. The number of rotatable bonds is 2. The lowest BCUT2D eigenvalue weighted by atomic mass is 9.81. The molecule has 1 aliphatic carbocycles. The van der Waals surface area contributed by atoms with E-state index in [1.165, 1.54) is 31.2 Å². The van der Waals surface area contributed by atoms with Crippen molar-refractivity contribution in [1.29, 1.82) is 0 Å². The second-order valence-corrected chi connectivity index (χ2v) is 5.56. The van der Waals surface area contributed by atoms with Crippen LogP contribution in [0.25, 0.3) is 0 Å². The molecule has 0 unspecified atom stereocenters. The minimum Gasteiger partial charge on any atom is -0.379 e. The van der Waals surface area contributed by atoms with Crippen molar-refractivity contribution in [2.45, 2.75) is 37.6 Å². The standard InChI is InChI=1S/C16H23NO/c1-2-4-14(5-3-1)15-6-8-16(9-7-15)17-10-12-18-13-11-17/h1-5,15-16H,6-13H2. The van der Waals surface area contributed by atoms with E-state index < -0.39 is 0 Å². The van der Waals surface area contributed by atoms with Crippen LogP contribution in [-0.2, 0) is 4.74 Å². The van der Waals surface area contributed by atoms with E-state index in [4.69, 9.17) is 4.74 Å². The second-order valence-electron chi connectivity index (χ2n) is 5.56. The normalized spacial score (nSPS) is 30.2. The first-order valence-corrected chi connectivity index (χ1v) is 7.30. The minimum atomic E-state index is 0.795. The molecule has 2 fully saturated rings. The van der Waals surface area contributed by atoms with Crippen molar-refractivity contribution in [2.24, 2.45) is 0 Å². The van der Waals surface area contributed by atoms with E-state index in [-0.39, 0.29) is 0 Å². The minimum absolute atomic E-state index is 0.795. The van der Waals surface area contributed by atoms with Gasteiger partial charge in [0, 0.05) is 19.1 Å². The van der Waals surface area contributed by atoms with E-state index in [0.29, 0.717) is 0 Å². The molecular formula is C16H23NO. The first kappa shape index (κ1) is 12.2. The Bertz CT molecular complexity index is 351. The molecule has 2 heteroatoms. The van der Waals surface area contributed by atoms with Crippen molar-refractivity contribution in [1.82, 2.24) is 4.90 Å². The van der Waals surface area contributed by atoms with E-state index in [0.717, 1.165) is 38.3 Å². The molecule has 0 spiro atoms. The van der Waals surface area contributed by atoms with Gasteiger partial charge in [-0.05, 0) is 37.2 Å². The van der Waals surface area contributed by atoms with E-state index in [9.17, 15) is 0 Å². The van der Waals surface area contributed by atoms with Crippen molar-refractivity contribution < 1.29 is 4.74 Å². The quantitative estimate of drug-likeness (QED) is 0.794. The summed E-state index contributed by atoms with van der Waals surface area (Å²) in [5.74, 6) is 0.795. The van der Waals surface area contributed by atoms with E-state index in [1.807, 2.05) is 0 Å². The van der Waals surface area contributed by atoms with Crippen molar-refractivity contribution in [2.75, 3.05) is 26.3 Å². The highest BCUT2D eigenvalue weighted by Gasteiger charge is 2.27. The Morgan fingerprint density at radius 2 is 1.56 bits per heavy atom. The molecule has 1 aromatic carbocycles. The molecule has 0 bridgehead atoms. The van der Waals surface area contributed by atoms with Gasteiger partial charge in [-0.1, -0.05) is 30.3 Å². The molecule has 1 saturated heterocycles. The number of hydrogen-bond acceptors (Lipinski definition) is 2. The van der Waals surface area contributed by atoms with Gasteiger partial charge in [0.05, 0.1) is 13.2 Å². The smallest absolute Gasteiger partial charge is 0.0594 e. The van der Waals surface area contributed by atoms with Crippen molar-refractivity contribution in [3.63, 3.8) is 0 Å². The fraction of sp³-hybridized carbons (Fsp3) is 0.625. The molecule has 1 heterocycles. The maximum Gasteiger partial charge on any atom is 0.0594 e. The van der Waals surface area contributed by atoms with E-state index in [1.54, 1.807) is 0 Å². The average molecular weight is 245 g/mol. The zero-order valence-electron chi connectivity index (χ0n) is 11.1. The van der Waals surface area contributed by atoms with Crippen LogP contribution in [0.2, 0.25) is 0 Å². The maximum atomic E-state index is 5.44. The molecule has 1 aliphatic heterocycles. The Morgan fingerprint density at radius 3 is 2.22 bits per heavy atom. The molecule has 98 valence electrons. The van der Waals surface area contributed by atoms with Gasteiger partial charge in [0.2, 0.25) is 0 Å². The topological polar surface area (TPSA) is 12.5 Å². The van der Waals surface area contributed by atoms with Gasteiger partial charge in [0.15, 0.2) is 0 Å². The number of nitrogens with zero attached hydrogens (tertiary/aromatic N) is 1. The van der Waals surface area contributed by atoms with Gasteiger partial charge in [0.25, 0.3) is 0 Å². The van der Waals surface area contributed by atoms with Crippen LogP contribution in [0.5, 0.6) is 0 Å². The van der Waals surface area contributed by atoms with Gasteiger partial charge in [0.1, 0.15) is 0 Å². The first-order valence-electron chi connectivity index (χ1n) is 7.30. The summed E-state index contributed by atoms with van der Waals surface area (Å²) in [6.45, 7) is 4.14. The molecule has 1 aromatic rings. The van der Waals surface area contributed by atoms with E-state index >= 15 is 0 Å². The van der Waals surface area contributed by atoms with Crippen LogP contribution in [0.3, 0.4) is 0 Å². The fourth-order valence-electron chi connectivity index (χ4n) is 3.44. The molecule has 0 amide bonds. The molecule has 3 rings (SSSR count). The van der Waals surface area contributed by atoms with Crippen LogP contribution < -0.4 is 0 Å². The zero-order valence-corrected chi connectivity index (χ0v) is 11.1. The van der Waals surface area contributed by atoms with E-state index in [2.05, 4.69) is 35.2 Å². The SMILES string of the molecule is c1ccc(C2CCC(N3CCOCC3)CC2)cc1. The second kappa shape index (κ2) is 5.85. The summed E-state index contributed by atoms with van der Waals surface area (Å²) in [5, 5.41) is 0.